The maximum absolute atomic E-state index is 6.17. The number of nitrogens with zero attached hydrogens (tertiary/aromatic N) is 1. The molecule has 3 aromatic rings. The van der Waals surface area contributed by atoms with Gasteiger partial charge in [0.25, 0.3) is 0 Å². The standard InChI is InChI=1S/C16H12BrClN2O/c17-15-10(3-1-5-13(15)19)9-21-14-7-6-12(18)11-4-2-8-20-16(11)14/h1-8H,9,19H2. The van der Waals surface area contributed by atoms with E-state index in [1.165, 1.54) is 0 Å². The molecule has 3 rings (SSSR count). The fourth-order valence-electron chi connectivity index (χ4n) is 2.10. The van der Waals surface area contributed by atoms with Crippen molar-refractivity contribution >= 4 is 44.1 Å². The molecule has 1 heterocycles. The van der Waals surface area contributed by atoms with Gasteiger partial charge in [0, 0.05) is 27.3 Å². The zero-order valence-corrected chi connectivity index (χ0v) is 13.4. The predicted octanol–water partition coefficient (Wildman–Crippen LogP) is 4.81. The van der Waals surface area contributed by atoms with Gasteiger partial charge in [-0.25, -0.2) is 0 Å². The second-order valence-corrected chi connectivity index (χ2v) is 5.75. The molecule has 0 atom stereocenters. The number of halogens is 2. The Morgan fingerprint density at radius 2 is 2.00 bits per heavy atom. The van der Waals surface area contributed by atoms with Crippen molar-refractivity contribution in [2.75, 3.05) is 5.73 Å². The lowest BCUT2D eigenvalue weighted by Gasteiger charge is -2.11. The Labute approximate surface area is 135 Å². The molecular formula is C16H12BrClN2O. The third-order valence-electron chi connectivity index (χ3n) is 3.17. The fraction of sp³-hybridized carbons (Fsp3) is 0.0625. The second kappa shape index (κ2) is 5.92. The van der Waals surface area contributed by atoms with Crippen molar-refractivity contribution in [2.24, 2.45) is 0 Å². The van der Waals surface area contributed by atoms with Gasteiger partial charge in [0.15, 0.2) is 0 Å². The largest absolute Gasteiger partial charge is 0.487 e. The number of nitrogens with two attached hydrogens (primary N) is 1. The molecule has 0 amide bonds. The van der Waals surface area contributed by atoms with Crippen LogP contribution in [0.4, 0.5) is 5.69 Å². The molecule has 0 aliphatic heterocycles. The van der Waals surface area contributed by atoms with E-state index in [0.717, 1.165) is 20.9 Å². The van der Waals surface area contributed by atoms with E-state index in [1.54, 1.807) is 6.20 Å². The minimum atomic E-state index is 0.402. The average Bonchev–Trinajstić information content (AvgIpc) is 2.51. The first-order chi connectivity index (χ1) is 10.2. The summed E-state index contributed by atoms with van der Waals surface area (Å²) in [6, 6.07) is 13.1. The van der Waals surface area contributed by atoms with E-state index in [-0.39, 0.29) is 0 Å². The van der Waals surface area contributed by atoms with Gasteiger partial charge < -0.3 is 10.5 Å². The molecule has 0 bridgehead atoms. The molecule has 0 aliphatic carbocycles. The van der Waals surface area contributed by atoms with E-state index in [1.807, 2.05) is 42.5 Å². The quantitative estimate of drug-likeness (QED) is 0.679. The first-order valence-corrected chi connectivity index (χ1v) is 7.53. The molecule has 0 radical (unpaired) electrons. The molecule has 0 saturated heterocycles. The first kappa shape index (κ1) is 14.2. The number of hydrogen-bond donors (Lipinski definition) is 1. The molecule has 0 fully saturated rings. The van der Waals surface area contributed by atoms with Gasteiger partial charge in [-0.05, 0) is 46.3 Å². The zero-order valence-electron chi connectivity index (χ0n) is 11.0. The highest BCUT2D eigenvalue weighted by Crippen LogP contribution is 2.31. The normalized spacial score (nSPS) is 10.8. The summed E-state index contributed by atoms with van der Waals surface area (Å²) in [5.74, 6) is 0.698. The average molecular weight is 364 g/mol. The monoisotopic (exact) mass is 362 g/mol. The van der Waals surface area contributed by atoms with Gasteiger partial charge in [-0.15, -0.1) is 0 Å². The minimum Gasteiger partial charge on any atom is -0.487 e. The number of aromatic nitrogens is 1. The lowest BCUT2D eigenvalue weighted by atomic mass is 10.2. The van der Waals surface area contributed by atoms with Crippen LogP contribution in [0.15, 0.2) is 53.1 Å². The summed E-state index contributed by atoms with van der Waals surface area (Å²) in [5, 5.41) is 1.54. The van der Waals surface area contributed by atoms with Crippen LogP contribution in [0.3, 0.4) is 0 Å². The van der Waals surface area contributed by atoms with Crippen LogP contribution in [0.2, 0.25) is 5.02 Å². The van der Waals surface area contributed by atoms with Gasteiger partial charge in [-0.2, -0.15) is 0 Å². The lowest BCUT2D eigenvalue weighted by molar-refractivity contribution is 0.309. The van der Waals surface area contributed by atoms with Crippen molar-refractivity contribution in [3.63, 3.8) is 0 Å². The summed E-state index contributed by atoms with van der Waals surface area (Å²) < 4.78 is 6.75. The van der Waals surface area contributed by atoms with Crippen LogP contribution in [0.1, 0.15) is 5.56 Å². The molecule has 2 aromatic carbocycles. The van der Waals surface area contributed by atoms with Gasteiger partial charge >= 0.3 is 0 Å². The van der Waals surface area contributed by atoms with Crippen molar-refractivity contribution in [3.8, 4) is 5.75 Å². The highest BCUT2D eigenvalue weighted by molar-refractivity contribution is 9.10. The van der Waals surface area contributed by atoms with E-state index in [0.29, 0.717) is 23.1 Å². The van der Waals surface area contributed by atoms with Crippen molar-refractivity contribution < 1.29 is 4.74 Å². The van der Waals surface area contributed by atoms with Gasteiger partial charge in [-0.3, -0.25) is 4.98 Å². The molecule has 3 nitrogen and oxygen atoms in total. The van der Waals surface area contributed by atoms with Crippen molar-refractivity contribution in [1.29, 1.82) is 0 Å². The van der Waals surface area contributed by atoms with E-state index in [9.17, 15) is 0 Å². The highest BCUT2D eigenvalue weighted by Gasteiger charge is 2.08. The molecule has 0 unspecified atom stereocenters. The van der Waals surface area contributed by atoms with Crippen LogP contribution in [-0.4, -0.2) is 4.98 Å². The van der Waals surface area contributed by atoms with E-state index < -0.39 is 0 Å². The fourth-order valence-corrected chi connectivity index (χ4v) is 2.69. The van der Waals surface area contributed by atoms with Crippen LogP contribution >= 0.6 is 27.5 Å². The van der Waals surface area contributed by atoms with Crippen LogP contribution in [0.25, 0.3) is 10.9 Å². The van der Waals surface area contributed by atoms with E-state index in [2.05, 4.69) is 20.9 Å². The van der Waals surface area contributed by atoms with Crippen molar-refractivity contribution in [2.45, 2.75) is 6.61 Å². The molecule has 0 saturated carbocycles. The second-order valence-electron chi connectivity index (χ2n) is 4.55. The molecule has 106 valence electrons. The number of nitrogen functional groups attached to an aromatic ring is 1. The molecule has 5 heteroatoms. The van der Waals surface area contributed by atoms with Gasteiger partial charge in [0.05, 0.1) is 5.02 Å². The lowest BCUT2D eigenvalue weighted by Crippen LogP contribution is -1.99. The Hall–Kier alpha value is -1.78. The third kappa shape index (κ3) is 2.82. The van der Waals surface area contributed by atoms with Crippen LogP contribution in [-0.2, 0) is 6.61 Å². The maximum atomic E-state index is 6.17. The number of fused-ring (bicyclic) bond motifs is 1. The zero-order chi connectivity index (χ0) is 14.8. The number of ether oxygens (including phenoxy) is 1. The van der Waals surface area contributed by atoms with Crippen LogP contribution < -0.4 is 10.5 Å². The number of anilines is 1. The molecule has 2 N–H and O–H groups in total. The maximum Gasteiger partial charge on any atom is 0.146 e. The Morgan fingerprint density at radius 1 is 1.14 bits per heavy atom. The molecule has 21 heavy (non-hydrogen) atoms. The molecule has 0 spiro atoms. The third-order valence-corrected chi connectivity index (χ3v) is 4.47. The van der Waals surface area contributed by atoms with Gasteiger partial charge in [0.2, 0.25) is 0 Å². The Balaban J connectivity index is 1.92. The number of hydrogen-bond acceptors (Lipinski definition) is 3. The molecule has 1 aromatic heterocycles. The smallest absolute Gasteiger partial charge is 0.146 e. The van der Waals surface area contributed by atoms with E-state index in [4.69, 9.17) is 22.1 Å². The van der Waals surface area contributed by atoms with Gasteiger partial charge in [-0.1, -0.05) is 23.7 Å². The van der Waals surface area contributed by atoms with Crippen molar-refractivity contribution in [3.05, 3.63) is 63.7 Å². The van der Waals surface area contributed by atoms with E-state index >= 15 is 0 Å². The molecule has 0 aliphatic rings. The highest BCUT2D eigenvalue weighted by atomic mass is 79.9. The first-order valence-electron chi connectivity index (χ1n) is 6.35. The summed E-state index contributed by atoms with van der Waals surface area (Å²) in [7, 11) is 0. The van der Waals surface area contributed by atoms with Crippen molar-refractivity contribution in [1.82, 2.24) is 4.98 Å². The number of pyridine rings is 1. The summed E-state index contributed by atoms with van der Waals surface area (Å²) >= 11 is 9.65. The van der Waals surface area contributed by atoms with Gasteiger partial charge in [0.1, 0.15) is 17.9 Å². The SMILES string of the molecule is Nc1cccc(COc2ccc(Cl)c3cccnc23)c1Br. The summed E-state index contributed by atoms with van der Waals surface area (Å²) in [6.45, 7) is 0.402. The van der Waals surface area contributed by atoms with Crippen LogP contribution in [0, 0.1) is 0 Å². The summed E-state index contributed by atoms with van der Waals surface area (Å²) in [5.41, 5.74) is 8.29. The predicted molar refractivity (Wildman–Crippen MR) is 89.6 cm³/mol. The number of benzene rings is 2. The summed E-state index contributed by atoms with van der Waals surface area (Å²) in [6.07, 6.45) is 1.72. The number of rotatable bonds is 3. The Morgan fingerprint density at radius 3 is 2.86 bits per heavy atom. The topological polar surface area (TPSA) is 48.1 Å². The minimum absolute atomic E-state index is 0.402. The van der Waals surface area contributed by atoms with Crippen LogP contribution in [0.5, 0.6) is 5.75 Å². The molecular weight excluding hydrogens is 352 g/mol. The Kier molecular flexibility index (Phi) is 3.99. The Bertz CT molecular complexity index is 807. The summed E-state index contributed by atoms with van der Waals surface area (Å²) in [4.78, 5) is 4.35.